The maximum Gasteiger partial charge on any atom is 0.410 e. The zero-order chi connectivity index (χ0) is 20.3. The van der Waals surface area contributed by atoms with Crippen molar-refractivity contribution in [2.24, 2.45) is 5.92 Å². The van der Waals surface area contributed by atoms with Gasteiger partial charge in [-0.25, -0.2) is 9.78 Å². The molecule has 1 atom stereocenters. The van der Waals surface area contributed by atoms with E-state index >= 15 is 0 Å². The molecule has 6 nitrogen and oxygen atoms in total. The summed E-state index contributed by atoms with van der Waals surface area (Å²) < 4.78 is 5.37. The highest BCUT2D eigenvalue weighted by Crippen LogP contribution is 2.30. The number of aromatic nitrogens is 1. The number of carbonyl (C=O) groups is 2. The average molecular weight is 398 g/mol. The number of hydrogen-bond acceptors (Lipinski definition) is 5. The number of nitrogens with one attached hydrogen (secondary N) is 1. The van der Waals surface area contributed by atoms with Crippen molar-refractivity contribution in [3.8, 4) is 22.8 Å². The van der Waals surface area contributed by atoms with Crippen LogP contribution in [-0.2, 0) is 9.53 Å². The summed E-state index contributed by atoms with van der Waals surface area (Å²) in [6.07, 6.45) is 7.33. The molecular formula is C21H23N3O3S. The molecule has 1 N–H and O–H groups in total. The van der Waals surface area contributed by atoms with Gasteiger partial charge in [-0.1, -0.05) is 29.4 Å². The predicted octanol–water partition coefficient (Wildman–Crippen LogP) is 3.99. The second-order valence-corrected chi connectivity index (χ2v) is 8.68. The van der Waals surface area contributed by atoms with Gasteiger partial charge in [-0.3, -0.25) is 4.79 Å². The van der Waals surface area contributed by atoms with Crippen molar-refractivity contribution in [2.45, 2.75) is 32.8 Å². The van der Waals surface area contributed by atoms with Crippen molar-refractivity contribution in [1.82, 2.24) is 9.88 Å². The molecule has 1 fully saturated rings. The second kappa shape index (κ2) is 8.03. The van der Waals surface area contributed by atoms with Crippen LogP contribution >= 0.6 is 11.3 Å². The lowest BCUT2D eigenvalue weighted by Crippen LogP contribution is -2.36. The van der Waals surface area contributed by atoms with Gasteiger partial charge in [0.2, 0.25) is 5.91 Å². The third-order valence-electron chi connectivity index (χ3n) is 4.28. The summed E-state index contributed by atoms with van der Waals surface area (Å²) in [5, 5.41) is 3.40. The van der Waals surface area contributed by atoms with Crippen molar-refractivity contribution in [3.63, 3.8) is 0 Å². The molecule has 2 aromatic rings. The van der Waals surface area contributed by atoms with Gasteiger partial charge < -0.3 is 15.0 Å². The molecule has 0 bridgehead atoms. The number of ether oxygens (including phenoxy) is 1. The van der Waals surface area contributed by atoms with E-state index in [0.29, 0.717) is 24.6 Å². The first kappa shape index (κ1) is 19.9. The van der Waals surface area contributed by atoms with Gasteiger partial charge in [-0.05, 0) is 44.9 Å². The van der Waals surface area contributed by atoms with Gasteiger partial charge in [0.1, 0.15) is 5.60 Å². The Morgan fingerprint density at radius 2 is 2.04 bits per heavy atom. The highest BCUT2D eigenvalue weighted by Gasteiger charge is 2.33. The fourth-order valence-corrected chi connectivity index (χ4v) is 3.69. The molecule has 0 radical (unpaired) electrons. The summed E-state index contributed by atoms with van der Waals surface area (Å²) in [4.78, 5) is 31.5. The zero-order valence-electron chi connectivity index (χ0n) is 16.2. The Labute approximate surface area is 168 Å². The molecule has 2 heterocycles. The topological polar surface area (TPSA) is 71.5 Å². The first-order chi connectivity index (χ1) is 13.2. The maximum atomic E-state index is 12.6. The summed E-state index contributed by atoms with van der Waals surface area (Å²) in [5.41, 5.74) is 1.26. The van der Waals surface area contributed by atoms with Crippen LogP contribution in [0.25, 0.3) is 10.4 Å². The molecule has 1 saturated heterocycles. The van der Waals surface area contributed by atoms with Gasteiger partial charge in [0.05, 0.1) is 10.8 Å². The van der Waals surface area contributed by atoms with Gasteiger partial charge in [-0.15, -0.1) is 6.42 Å². The lowest BCUT2D eigenvalue weighted by atomic mass is 10.1. The molecule has 0 unspecified atom stereocenters. The van der Waals surface area contributed by atoms with Crippen LogP contribution in [0.5, 0.6) is 0 Å². The Morgan fingerprint density at radius 1 is 1.32 bits per heavy atom. The molecule has 1 aliphatic heterocycles. The van der Waals surface area contributed by atoms with E-state index < -0.39 is 5.60 Å². The summed E-state index contributed by atoms with van der Waals surface area (Å²) in [6.45, 7) is 6.34. The number of amides is 2. The van der Waals surface area contributed by atoms with Crippen LogP contribution < -0.4 is 5.32 Å². The van der Waals surface area contributed by atoms with Crippen LogP contribution in [0.4, 0.5) is 9.93 Å². The number of anilines is 1. The van der Waals surface area contributed by atoms with E-state index in [2.05, 4.69) is 16.2 Å². The van der Waals surface area contributed by atoms with Crippen LogP contribution in [0, 0.1) is 18.3 Å². The number of nitrogens with zero attached hydrogens (tertiary/aromatic N) is 2. The summed E-state index contributed by atoms with van der Waals surface area (Å²) >= 11 is 1.40. The number of terminal acetylenes is 1. The SMILES string of the molecule is C#Cc1ccc(-c2cnc(NC(=O)[C@H]3CCN(C(=O)OC(C)(C)C)C3)s2)cc1. The molecule has 0 saturated carbocycles. The third kappa shape index (κ3) is 4.90. The molecular weight excluding hydrogens is 374 g/mol. The molecule has 1 aromatic carbocycles. The van der Waals surface area contributed by atoms with Crippen molar-refractivity contribution in [3.05, 3.63) is 36.0 Å². The maximum absolute atomic E-state index is 12.6. The van der Waals surface area contributed by atoms with Crippen LogP contribution in [0.2, 0.25) is 0 Å². The quantitative estimate of drug-likeness (QED) is 0.795. The molecule has 146 valence electrons. The minimum Gasteiger partial charge on any atom is -0.444 e. The number of carbonyl (C=O) groups excluding carboxylic acids is 2. The normalized spacial score (nSPS) is 16.5. The minimum absolute atomic E-state index is 0.130. The van der Waals surface area contributed by atoms with E-state index in [1.165, 1.54) is 11.3 Å². The number of benzene rings is 1. The van der Waals surface area contributed by atoms with Gasteiger partial charge >= 0.3 is 6.09 Å². The molecule has 7 heteroatoms. The molecule has 1 aromatic heterocycles. The highest BCUT2D eigenvalue weighted by molar-refractivity contribution is 7.19. The standard InChI is InChI=1S/C21H23N3O3S/c1-5-14-6-8-15(9-7-14)17-12-22-19(28-17)23-18(25)16-10-11-24(13-16)20(26)27-21(2,3)4/h1,6-9,12,16H,10-11,13H2,2-4H3,(H,22,23,25)/t16-/m0/s1. The van der Waals surface area contributed by atoms with Crippen LogP contribution in [-0.4, -0.2) is 40.6 Å². The van der Waals surface area contributed by atoms with E-state index in [0.717, 1.165) is 16.0 Å². The fraction of sp³-hybridized carbons (Fsp3) is 0.381. The monoisotopic (exact) mass is 397 g/mol. The van der Waals surface area contributed by atoms with Crippen molar-refractivity contribution >= 4 is 28.5 Å². The van der Waals surface area contributed by atoms with E-state index in [1.807, 2.05) is 45.0 Å². The Morgan fingerprint density at radius 3 is 2.68 bits per heavy atom. The largest absolute Gasteiger partial charge is 0.444 e. The molecule has 2 amide bonds. The predicted molar refractivity (Wildman–Crippen MR) is 110 cm³/mol. The summed E-state index contributed by atoms with van der Waals surface area (Å²) in [5.74, 6) is 2.19. The lowest BCUT2D eigenvalue weighted by molar-refractivity contribution is -0.119. The smallest absolute Gasteiger partial charge is 0.410 e. The van der Waals surface area contributed by atoms with Crippen LogP contribution in [0.1, 0.15) is 32.8 Å². The molecule has 1 aliphatic rings. The van der Waals surface area contributed by atoms with E-state index in [1.54, 1.807) is 11.1 Å². The molecule has 0 aliphatic carbocycles. The van der Waals surface area contributed by atoms with Crippen LogP contribution in [0.15, 0.2) is 30.5 Å². The van der Waals surface area contributed by atoms with Gasteiger partial charge in [0.15, 0.2) is 5.13 Å². The van der Waals surface area contributed by atoms with Crippen molar-refractivity contribution in [1.29, 1.82) is 0 Å². The number of likely N-dealkylation sites (tertiary alicyclic amines) is 1. The molecule has 3 rings (SSSR count). The summed E-state index contributed by atoms with van der Waals surface area (Å²) in [6, 6.07) is 7.61. The first-order valence-corrected chi connectivity index (χ1v) is 9.88. The first-order valence-electron chi connectivity index (χ1n) is 9.07. The highest BCUT2D eigenvalue weighted by atomic mass is 32.1. The van der Waals surface area contributed by atoms with Crippen molar-refractivity contribution < 1.29 is 14.3 Å². The van der Waals surface area contributed by atoms with Gasteiger partial charge in [-0.2, -0.15) is 0 Å². The zero-order valence-corrected chi connectivity index (χ0v) is 17.0. The lowest BCUT2D eigenvalue weighted by Gasteiger charge is -2.24. The van der Waals surface area contributed by atoms with E-state index in [4.69, 9.17) is 11.2 Å². The van der Waals surface area contributed by atoms with E-state index in [9.17, 15) is 9.59 Å². The van der Waals surface area contributed by atoms with Crippen LogP contribution in [0.3, 0.4) is 0 Å². The Hall–Kier alpha value is -2.85. The number of hydrogen-bond donors (Lipinski definition) is 1. The third-order valence-corrected chi connectivity index (χ3v) is 5.24. The Bertz CT molecular complexity index is 906. The average Bonchev–Trinajstić information content (AvgIpc) is 3.30. The minimum atomic E-state index is -0.548. The number of thiazole rings is 1. The summed E-state index contributed by atoms with van der Waals surface area (Å²) in [7, 11) is 0. The Balaban J connectivity index is 1.58. The van der Waals surface area contributed by atoms with E-state index in [-0.39, 0.29) is 17.9 Å². The molecule has 28 heavy (non-hydrogen) atoms. The van der Waals surface area contributed by atoms with Gasteiger partial charge in [0.25, 0.3) is 0 Å². The number of rotatable bonds is 3. The van der Waals surface area contributed by atoms with Gasteiger partial charge in [0, 0.05) is 24.8 Å². The second-order valence-electron chi connectivity index (χ2n) is 7.65. The Kier molecular flexibility index (Phi) is 5.71. The fourth-order valence-electron chi connectivity index (χ4n) is 2.87. The van der Waals surface area contributed by atoms with Crippen molar-refractivity contribution in [2.75, 3.05) is 18.4 Å². The molecule has 0 spiro atoms.